The van der Waals surface area contributed by atoms with Crippen LogP contribution in [0, 0.1) is 0 Å². The Kier molecular flexibility index (Phi) is 5.15. The summed E-state index contributed by atoms with van der Waals surface area (Å²) in [5.74, 6) is 2.80. The van der Waals surface area contributed by atoms with Crippen molar-refractivity contribution in [3.63, 3.8) is 0 Å². The number of hydrogen-bond acceptors (Lipinski definition) is 7. The molecule has 0 radical (unpaired) electrons. The molecule has 33 heavy (non-hydrogen) atoms. The van der Waals surface area contributed by atoms with Gasteiger partial charge in [-0.1, -0.05) is 6.58 Å². The molecule has 2 aromatic rings. The Morgan fingerprint density at radius 2 is 1.88 bits per heavy atom. The highest BCUT2D eigenvalue weighted by atomic mass is 16.5. The number of benzene rings is 2. The summed E-state index contributed by atoms with van der Waals surface area (Å²) in [7, 11) is 3.17. The molecule has 0 fully saturated rings. The molecule has 0 saturated heterocycles. The molecule has 3 atom stereocenters. The Morgan fingerprint density at radius 3 is 2.58 bits per heavy atom. The van der Waals surface area contributed by atoms with Crippen molar-refractivity contribution in [2.75, 3.05) is 20.8 Å². The third-order valence-electron chi connectivity index (χ3n) is 6.23. The third kappa shape index (κ3) is 3.46. The monoisotopic (exact) mass is 450 g/mol. The van der Waals surface area contributed by atoms with Crippen LogP contribution in [0.3, 0.4) is 0 Å². The van der Waals surface area contributed by atoms with Crippen molar-refractivity contribution in [2.24, 2.45) is 5.10 Å². The second kappa shape index (κ2) is 8.03. The summed E-state index contributed by atoms with van der Waals surface area (Å²) in [4.78, 5) is 11.8. The smallest absolute Gasteiger partial charge is 0.236 e. The second-order valence-corrected chi connectivity index (χ2v) is 8.43. The fourth-order valence-corrected chi connectivity index (χ4v) is 4.63. The Morgan fingerprint density at radius 1 is 1.12 bits per heavy atom. The van der Waals surface area contributed by atoms with E-state index in [0.29, 0.717) is 41.7 Å². The van der Waals surface area contributed by atoms with E-state index in [-0.39, 0.29) is 24.0 Å². The van der Waals surface area contributed by atoms with Crippen molar-refractivity contribution in [1.29, 1.82) is 0 Å². The van der Waals surface area contributed by atoms with Gasteiger partial charge in [0.15, 0.2) is 11.5 Å². The molecular weight excluding hydrogens is 424 g/mol. The molecule has 0 saturated carbocycles. The van der Waals surface area contributed by atoms with Gasteiger partial charge in [-0.2, -0.15) is 5.10 Å². The van der Waals surface area contributed by atoms with Crippen LogP contribution in [0.2, 0.25) is 0 Å². The number of carbonyl (C=O) groups is 1. The highest BCUT2D eigenvalue weighted by Crippen LogP contribution is 2.50. The molecule has 8 nitrogen and oxygen atoms in total. The number of methoxy groups -OCH3 is 2. The van der Waals surface area contributed by atoms with Crippen LogP contribution in [-0.2, 0) is 11.2 Å². The quantitative estimate of drug-likeness (QED) is 0.568. The fourth-order valence-electron chi connectivity index (χ4n) is 4.63. The minimum Gasteiger partial charge on any atom is -0.493 e. The lowest BCUT2D eigenvalue weighted by atomic mass is 9.80. The van der Waals surface area contributed by atoms with Gasteiger partial charge in [-0.25, -0.2) is 5.43 Å². The zero-order valence-electron chi connectivity index (χ0n) is 19.1. The summed E-state index contributed by atoms with van der Waals surface area (Å²) in [6, 6.07) is 7.56. The van der Waals surface area contributed by atoms with Crippen LogP contribution in [0.5, 0.6) is 28.7 Å². The predicted octanol–water partition coefficient (Wildman–Crippen LogP) is 3.36. The number of hydrogen-bond donors (Lipinski definition) is 1. The van der Waals surface area contributed by atoms with Gasteiger partial charge in [-0.3, -0.25) is 4.79 Å². The minimum atomic E-state index is -0.342. The van der Waals surface area contributed by atoms with Crippen molar-refractivity contribution in [1.82, 2.24) is 5.43 Å². The first-order valence-electron chi connectivity index (χ1n) is 10.8. The normalized spacial score (nSPS) is 23.0. The first-order chi connectivity index (χ1) is 15.9. The van der Waals surface area contributed by atoms with Crippen LogP contribution < -0.4 is 29.1 Å². The van der Waals surface area contributed by atoms with Gasteiger partial charge in [-0.05, 0) is 30.7 Å². The molecule has 2 aromatic carbocycles. The van der Waals surface area contributed by atoms with Gasteiger partial charge < -0.3 is 23.7 Å². The number of ether oxygens (including phenoxy) is 5. The Labute approximate surface area is 192 Å². The number of nitrogens with one attached hydrogen (secondary N) is 1. The number of carbonyl (C=O) groups excluding carboxylic acids is 1. The lowest BCUT2D eigenvalue weighted by Gasteiger charge is -2.39. The maximum atomic E-state index is 11.8. The number of nitrogens with zero attached hydrogens (tertiary/aromatic N) is 1. The van der Waals surface area contributed by atoms with E-state index >= 15 is 0 Å². The van der Waals surface area contributed by atoms with E-state index < -0.39 is 0 Å². The topological polar surface area (TPSA) is 87.6 Å². The van der Waals surface area contributed by atoms with Crippen LogP contribution in [-0.4, -0.2) is 44.7 Å². The standard InChI is InChI=1S/C25H26N2O6/c1-12(2)18-9-16-17(32-18)7-6-14-24(27-26-13(3)28)23-15-8-20(29-4)21(30-5)10-19(15)31-11-22(23)33-25(14)16/h6-8,10,18,22-23H,1,9,11H2,2-5H3,(H,26,28)/b27-24+/t18-,22-,23+/m1/s1. The summed E-state index contributed by atoms with van der Waals surface area (Å²) in [6.07, 6.45) is 0.232. The van der Waals surface area contributed by atoms with Gasteiger partial charge >= 0.3 is 0 Å². The summed E-state index contributed by atoms with van der Waals surface area (Å²) in [5.41, 5.74) is 6.93. The highest BCUT2D eigenvalue weighted by Gasteiger charge is 2.44. The minimum absolute atomic E-state index is 0.0939. The largest absolute Gasteiger partial charge is 0.493 e. The van der Waals surface area contributed by atoms with Crippen molar-refractivity contribution < 1.29 is 28.5 Å². The van der Waals surface area contributed by atoms with E-state index in [9.17, 15) is 4.79 Å². The predicted molar refractivity (Wildman–Crippen MR) is 122 cm³/mol. The average Bonchev–Trinajstić information content (AvgIpc) is 3.26. The van der Waals surface area contributed by atoms with Crippen LogP contribution in [0.1, 0.15) is 36.5 Å². The molecule has 0 aliphatic carbocycles. The van der Waals surface area contributed by atoms with Crippen LogP contribution >= 0.6 is 0 Å². The molecular formula is C25H26N2O6. The molecule has 172 valence electrons. The van der Waals surface area contributed by atoms with Crippen LogP contribution in [0.4, 0.5) is 0 Å². The van der Waals surface area contributed by atoms with E-state index in [1.807, 2.05) is 31.2 Å². The number of amides is 1. The SMILES string of the molecule is C=C(C)[C@H]1Cc2c(ccc3c2O[C@@H]2COc4cc(OC)c(OC)cc4[C@@H]2/C3=N/NC(C)=O)O1. The molecule has 3 aliphatic heterocycles. The van der Waals surface area contributed by atoms with Gasteiger partial charge in [0.2, 0.25) is 5.91 Å². The number of hydrazone groups is 1. The maximum absolute atomic E-state index is 11.8. The Balaban J connectivity index is 1.66. The lowest BCUT2D eigenvalue weighted by Crippen LogP contribution is -2.44. The lowest BCUT2D eigenvalue weighted by molar-refractivity contribution is -0.118. The van der Waals surface area contributed by atoms with Crippen molar-refractivity contribution in [3.8, 4) is 28.7 Å². The Hall–Kier alpha value is -3.68. The van der Waals surface area contributed by atoms with Crippen LogP contribution in [0.25, 0.3) is 0 Å². The molecule has 0 unspecified atom stereocenters. The van der Waals surface area contributed by atoms with E-state index in [2.05, 4.69) is 17.1 Å². The van der Waals surface area contributed by atoms with Crippen LogP contribution in [0.15, 0.2) is 41.5 Å². The molecule has 3 heterocycles. The number of rotatable bonds is 4. The van der Waals surface area contributed by atoms with Crippen molar-refractivity contribution in [3.05, 3.63) is 53.1 Å². The van der Waals surface area contributed by atoms with Gasteiger partial charge in [0.05, 0.1) is 25.8 Å². The maximum Gasteiger partial charge on any atom is 0.236 e. The molecule has 0 spiro atoms. The molecule has 5 rings (SSSR count). The summed E-state index contributed by atoms with van der Waals surface area (Å²) in [5, 5.41) is 4.54. The molecule has 0 bridgehead atoms. The number of fused-ring (bicyclic) bond motifs is 6. The second-order valence-electron chi connectivity index (χ2n) is 8.43. The molecule has 1 amide bonds. The first-order valence-corrected chi connectivity index (χ1v) is 10.8. The summed E-state index contributed by atoms with van der Waals surface area (Å²) >= 11 is 0. The molecule has 0 aromatic heterocycles. The van der Waals surface area contributed by atoms with Crippen molar-refractivity contribution >= 4 is 11.6 Å². The van der Waals surface area contributed by atoms with E-state index in [0.717, 1.165) is 28.0 Å². The first kappa shape index (κ1) is 21.2. The van der Waals surface area contributed by atoms with E-state index in [4.69, 9.17) is 23.7 Å². The molecule has 8 heteroatoms. The average molecular weight is 450 g/mol. The Bertz CT molecular complexity index is 1190. The van der Waals surface area contributed by atoms with Gasteiger partial charge in [-0.15, -0.1) is 0 Å². The highest BCUT2D eigenvalue weighted by molar-refractivity contribution is 6.10. The zero-order valence-corrected chi connectivity index (χ0v) is 19.1. The van der Waals surface area contributed by atoms with E-state index in [1.54, 1.807) is 14.2 Å². The van der Waals surface area contributed by atoms with Gasteiger partial charge in [0.1, 0.15) is 36.1 Å². The molecule has 1 N–H and O–H groups in total. The van der Waals surface area contributed by atoms with E-state index in [1.165, 1.54) is 6.92 Å². The zero-order chi connectivity index (χ0) is 23.3. The summed E-state index contributed by atoms with van der Waals surface area (Å²) < 4.78 is 29.6. The fraction of sp³-hybridized carbons (Fsp3) is 0.360. The van der Waals surface area contributed by atoms with Gasteiger partial charge in [0.25, 0.3) is 0 Å². The summed E-state index contributed by atoms with van der Waals surface area (Å²) in [6.45, 7) is 7.75. The van der Waals surface area contributed by atoms with Gasteiger partial charge in [0, 0.05) is 36.1 Å². The van der Waals surface area contributed by atoms with Crippen molar-refractivity contribution in [2.45, 2.75) is 38.4 Å². The molecule has 3 aliphatic rings. The third-order valence-corrected chi connectivity index (χ3v) is 6.23.